The lowest BCUT2D eigenvalue weighted by atomic mass is 9.81. The molecule has 5 heteroatoms. The number of hydrogen-bond donors (Lipinski definition) is 1. The molecule has 1 saturated carbocycles. The van der Waals surface area contributed by atoms with Crippen molar-refractivity contribution < 1.29 is 0 Å². The second-order valence-electron chi connectivity index (χ2n) is 6.06. The first-order valence-electron chi connectivity index (χ1n) is 7.23. The summed E-state index contributed by atoms with van der Waals surface area (Å²) in [5.41, 5.74) is 2.16. The van der Waals surface area contributed by atoms with Gasteiger partial charge in [-0.15, -0.1) is 10.2 Å². The third-order valence-corrected chi connectivity index (χ3v) is 4.70. The van der Waals surface area contributed by atoms with Crippen LogP contribution in [0.4, 0.5) is 0 Å². The molecule has 0 saturated heterocycles. The Hall–Kier alpha value is -1.65. The first kappa shape index (κ1) is 11.2. The SMILES string of the molecule is Cc1[nH]ncc1-c1nnc2n1CC1CCCC(C2)C1. The van der Waals surface area contributed by atoms with Crippen molar-refractivity contribution in [3.05, 3.63) is 17.7 Å². The third-order valence-electron chi connectivity index (χ3n) is 4.70. The highest BCUT2D eigenvalue weighted by Crippen LogP contribution is 2.36. The molecule has 2 aliphatic rings. The summed E-state index contributed by atoms with van der Waals surface area (Å²) in [5, 5.41) is 16.0. The van der Waals surface area contributed by atoms with Gasteiger partial charge in [-0.2, -0.15) is 5.10 Å². The number of aryl methyl sites for hydroxylation is 1. The van der Waals surface area contributed by atoms with Crippen molar-refractivity contribution in [3.8, 4) is 11.4 Å². The number of H-pyrrole nitrogens is 1. The molecule has 1 N–H and O–H groups in total. The first-order valence-corrected chi connectivity index (χ1v) is 7.23. The van der Waals surface area contributed by atoms with Crippen LogP contribution in [-0.2, 0) is 13.0 Å². The van der Waals surface area contributed by atoms with E-state index in [9.17, 15) is 0 Å². The Kier molecular flexibility index (Phi) is 2.47. The largest absolute Gasteiger partial charge is 0.311 e. The molecule has 2 aromatic rings. The molecule has 3 heterocycles. The van der Waals surface area contributed by atoms with Crippen molar-refractivity contribution in [2.45, 2.75) is 45.6 Å². The van der Waals surface area contributed by atoms with Crippen LogP contribution in [0.5, 0.6) is 0 Å². The predicted octanol–water partition coefficient (Wildman–Crippen LogP) is 2.34. The second kappa shape index (κ2) is 4.18. The standard InChI is InChI=1S/C14H19N5/c1-9-12(7-15-16-9)14-18-17-13-6-10-3-2-4-11(5-10)8-19(13)14/h7,10-11H,2-6,8H2,1H3,(H,15,16). The molecule has 1 aliphatic carbocycles. The molecule has 1 aliphatic heterocycles. The van der Waals surface area contributed by atoms with Gasteiger partial charge < -0.3 is 4.57 Å². The topological polar surface area (TPSA) is 59.4 Å². The maximum absolute atomic E-state index is 4.45. The summed E-state index contributed by atoms with van der Waals surface area (Å²) < 4.78 is 2.34. The minimum Gasteiger partial charge on any atom is -0.311 e. The molecule has 4 rings (SSSR count). The smallest absolute Gasteiger partial charge is 0.167 e. The molecule has 0 spiro atoms. The summed E-state index contributed by atoms with van der Waals surface area (Å²) in [6, 6.07) is 0. The van der Waals surface area contributed by atoms with E-state index in [1.54, 1.807) is 0 Å². The summed E-state index contributed by atoms with van der Waals surface area (Å²) in [6.45, 7) is 3.12. The molecule has 19 heavy (non-hydrogen) atoms. The van der Waals surface area contributed by atoms with Gasteiger partial charge in [0.15, 0.2) is 5.82 Å². The minimum absolute atomic E-state index is 0.807. The molecule has 2 unspecified atom stereocenters. The van der Waals surface area contributed by atoms with E-state index in [1.807, 2.05) is 13.1 Å². The maximum Gasteiger partial charge on any atom is 0.167 e. The van der Waals surface area contributed by atoms with Crippen LogP contribution in [0, 0.1) is 18.8 Å². The monoisotopic (exact) mass is 257 g/mol. The van der Waals surface area contributed by atoms with Gasteiger partial charge >= 0.3 is 0 Å². The van der Waals surface area contributed by atoms with Crippen LogP contribution in [0.25, 0.3) is 11.4 Å². The van der Waals surface area contributed by atoms with E-state index in [2.05, 4.69) is 25.0 Å². The van der Waals surface area contributed by atoms with Crippen LogP contribution in [0.1, 0.15) is 37.2 Å². The summed E-state index contributed by atoms with van der Waals surface area (Å²) >= 11 is 0. The van der Waals surface area contributed by atoms with Crippen molar-refractivity contribution in [2.75, 3.05) is 0 Å². The Morgan fingerprint density at radius 2 is 2.16 bits per heavy atom. The number of nitrogens with one attached hydrogen (secondary N) is 1. The van der Waals surface area contributed by atoms with Crippen LogP contribution in [0.15, 0.2) is 6.20 Å². The van der Waals surface area contributed by atoms with E-state index in [1.165, 1.54) is 31.5 Å². The fourth-order valence-electron chi connectivity index (χ4n) is 3.72. The van der Waals surface area contributed by atoms with Crippen molar-refractivity contribution >= 4 is 0 Å². The van der Waals surface area contributed by atoms with Gasteiger partial charge in [0.25, 0.3) is 0 Å². The second-order valence-corrected chi connectivity index (χ2v) is 6.06. The molecule has 1 fully saturated rings. The normalized spacial score (nSPS) is 25.9. The summed E-state index contributed by atoms with van der Waals surface area (Å²) in [7, 11) is 0. The van der Waals surface area contributed by atoms with E-state index in [0.717, 1.165) is 41.9 Å². The van der Waals surface area contributed by atoms with Gasteiger partial charge in [-0.25, -0.2) is 0 Å². The summed E-state index contributed by atoms with van der Waals surface area (Å²) in [5.74, 6) is 3.79. The van der Waals surface area contributed by atoms with E-state index in [4.69, 9.17) is 0 Å². The van der Waals surface area contributed by atoms with Crippen LogP contribution in [0.2, 0.25) is 0 Å². The average Bonchev–Trinajstić information content (AvgIpc) is 2.95. The van der Waals surface area contributed by atoms with Gasteiger partial charge in [0.1, 0.15) is 5.82 Å². The number of hydrogen-bond acceptors (Lipinski definition) is 3. The molecule has 2 aromatic heterocycles. The van der Waals surface area contributed by atoms with Gasteiger partial charge in [-0.05, 0) is 38.0 Å². The number of aromatic nitrogens is 5. The van der Waals surface area contributed by atoms with Gasteiger partial charge in [0.2, 0.25) is 0 Å². The number of nitrogens with zero attached hydrogens (tertiary/aromatic N) is 4. The van der Waals surface area contributed by atoms with Gasteiger partial charge in [0, 0.05) is 18.7 Å². The Bertz CT molecular complexity index is 597. The molecule has 2 atom stereocenters. The van der Waals surface area contributed by atoms with Gasteiger partial charge in [-0.3, -0.25) is 5.10 Å². The highest BCUT2D eigenvalue weighted by atomic mass is 15.3. The molecule has 5 nitrogen and oxygen atoms in total. The predicted molar refractivity (Wildman–Crippen MR) is 71.5 cm³/mol. The van der Waals surface area contributed by atoms with E-state index in [0.29, 0.717) is 0 Å². The van der Waals surface area contributed by atoms with Crippen LogP contribution < -0.4 is 0 Å². The van der Waals surface area contributed by atoms with Crippen molar-refractivity contribution in [1.82, 2.24) is 25.0 Å². The molecule has 0 aromatic carbocycles. The zero-order chi connectivity index (χ0) is 12.8. The molecule has 0 radical (unpaired) electrons. The van der Waals surface area contributed by atoms with Crippen molar-refractivity contribution in [2.24, 2.45) is 11.8 Å². The van der Waals surface area contributed by atoms with Gasteiger partial charge in [0.05, 0.1) is 11.8 Å². The molecule has 100 valence electrons. The van der Waals surface area contributed by atoms with Crippen LogP contribution in [-0.4, -0.2) is 25.0 Å². The summed E-state index contributed by atoms with van der Waals surface area (Å²) in [6.07, 6.45) is 8.44. The van der Waals surface area contributed by atoms with Gasteiger partial charge in [-0.1, -0.05) is 6.42 Å². The lowest BCUT2D eigenvalue weighted by molar-refractivity contribution is 0.262. The Balaban J connectivity index is 1.79. The van der Waals surface area contributed by atoms with E-state index >= 15 is 0 Å². The fourth-order valence-corrected chi connectivity index (χ4v) is 3.72. The lowest BCUT2D eigenvalue weighted by Crippen LogP contribution is -2.17. The van der Waals surface area contributed by atoms with Crippen molar-refractivity contribution in [3.63, 3.8) is 0 Å². The maximum atomic E-state index is 4.45. The number of fused-ring (bicyclic) bond motifs is 3. The highest BCUT2D eigenvalue weighted by molar-refractivity contribution is 5.57. The molecule has 0 amide bonds. The highest BCUT2D eigenvalue weighted by Gasteiger charge is 2.30. The molecular formula is C14H19N5. The van der Waals surface area contributed by atoms with Crippen molar-refractivity contribution in [1.29, 1.82) is 0 Å². The summed E-state index contributed by atoms with van der Waals surface area (Å²) in [4.78, 5) is 0. The first-order chi connectivity index (χ1) is 9.31. The molecular weight excluding hydrogens is 238 g/mol. The Labute approximate surface area is 112 Å². The molecule has 2 bridgehead atoms. The number of aromatic amines is 1. The fraction of sp³-hybridized carbons (Fsp3) is 0.643. The van der Waals surface area contributed by atoms with E-state index < -0.39 is 0 Å². The van der Waals surface area contributed by atoms with Crippen LogP contribution >= 0.6 is 0 Å². The lowest BCUT2D eigenvalue weighted by Gasteiger charge is -2.25. The number of rotatable bonds is 1. The quantitative estimate of drug-likeness (QED) is 0.853. The third kappa shape index (κ3) is 1.79. The Morgan fingerprint density at radius 1 is 1.26 bits per heavy atom. The van der Waals surface area contributed by atoms with Crippen LogP contribution in [0.3, 0.4) is 0 Å². The Morgan fingerprint density at radius 3 is 3.00 bits per heavy atom. The zero-order valence-corrected chi connectivity index (χ0v) is 11.3. The van der Waals surface area contributed by atoms with E-state index in [-0.39, 0.29) is 0 Å². The zero-order valence-electron chi connectivity index (χ0n) is 11.3. The minimum atomic E-state index is 0.807. The average molecular weight is 257 g/mol.